The molecule has 0 heterocycles. The molecule has 4 heteroatoms. The normalized spacial score (nSPS) is 12.9. The molecule has 0 aromatic heterocycles. The van der Waals surface area contributed by atoms with Gasteiger partial charge < -0.3 is 0 Å². The Kier molecular flexibility index (Phi) is 8.87. The fourth-order valence-corrected chi connectivity index (χ4v) is 2.56. The molecular weight excluding hydrogens is 246 g/mol. The second-order valence-electron chi connectivity index (χ2n) is 6.10. The van der Waals surface area contributed by atoms with Crippen molar-refractivity contribution in [2.45, 2.75) is 72.1 Å². The lowest BCUT2D eigenvalue weighted by Crippen LogP contribution is -2.27. The number of hydrogen-bond donors (Lipinski definition) is 1. The number of nitrogens with one attached hydrogen (secondary N) is 1. The molecule has 0 aliphatic rings. The molecule has 0 aliphatic carbocycles. The Hall–Kier alpha value is -0.0900. The summed E-state index contributed by atoms with van der Waals surface area (Å²) in [6, 6.07) is 0. The lowest BCUT2D eigenvalue weighted by atomic mass is 9.83. The predicted octanol–water partition coefficient (Wildman–Crippen LogP) is 3.70. The summed E-state index contributed by atoms with van der Waals surface area (Å²) < 4.78 is 24.5. The van der Waals surface area contributed by atoms with Gasteiger partial charge in [0.25, 0.3) is 0 Å². The van der Waals surface area contributed by atoms with Crippen LogP contribution in [-0.2, 0) is 10.0 Å². The quantitative estimate of drug-likeness (QED) is 0.585. The van der Waals surface area contributed by atoms with Crippen LogP contribution in [0.3, 0.4) is 0 Å². The van der Waals surface area contributed by atoms with Gasteiger partial charge in [-0.25, -0.2) is 13.1 Å². The topological polar surface area (TPSA) is 46.2 Å². The summed E-state index contributed by atoms with van der Waals surface area (Å²) in [5.41, 5.74) is 0.239. The molecule has 0 spiro atoms. The third kappa shape index (κ3) is 12.4. The highest BCUT2D eigenvalue weighted by Gasteiger charge is 2.17. The lowest BCUT2D eigenvalue weighted by Gasteiger charge is -2.24. The standard InChI is InChI=1S/C14H31NO2S/c1-5-6-7-8-9-10-11-14(2,3)12-13-15-18(4,16)17/h15H,5-13H2,1-4H3. The second-order valence-corrected chi connectivity index (χ2v) is 7.93. The van der Waals surface area contributed by atoms with Crippen LogP contribution in [0.15, 0.2) is 0 Å². The van der Waals surface area contributed by atoms with Gasteiger partial charge in [0, 0.05) is 6.54 Å². The molecule has 0 aromatic rings. The van der Waals surface area contributed by atoms with Gasteiger partial charge in [-0.05, 0) is 18.3 Å². The molecule has 18 heavy (non-hydrogen) atoms. The van der Waals surface area contributed by atoms with E-state index in [2.05, 4.69) is 25.5 Å². The van der Waals surface area contributed by atoms with Gasteiger partial charge in [0.1, 0.15) is 0 Å². The second kappa shape index (κ2) is 8.92. The van der Waals surface area contributed by atoms with Crippen LogP contribution in [0.4, 0.5) is 0 Å². The van der Waals surface area contributed by atoms with Gasteiger partial charge >= 0.3 is 0 Å². The fourth-order valence-electron chi connectivity index (χ4n) is 2.08. The van der Waals surface area contributed by atoms with Crippen molar-refractivity contribution in [1.29, 1.82) is 0 Å². The highest BCUT2D eigenvalue weighted by atomic mass is 32.2. The Labute approximate surface area is 114 Å². The Balaban J connectivity index is 3.61. The van der Waals surface area contributed by atoms with Crippen LogP contribution in [0.25, 0.3) is 0 Å². The summed E-state index contributed by atoms with van der Waals surface area (Å²) in [7, 11) is -3.03. The van der Waals surface area contributed by atoms with Crippen molar-refractivity contribution >= 4 is 10.0 Å². The average molecular weight is 277 g/mol. The molecule has 110 valence electrons. The van der Waals surface area contributed by atoms with E-state index < -0.39 is 10.0 Å². The van der Waals surface area contributed by atoms with Crippen LogP contribution in [0.2, 0.25) is 0 Å². The molecule has 3 nitrogen and oxygen atoms in total. The number of hydrogen-bond acceptors (Lipinski definition) is 2. The molecule has 0 amide bonds. The summed E-state index contributed by atoms with van der Waals surface area (Å²) in [4.78, 5) is 0. The third-order valence-corrected chi connectivity index (χ3v) is 4.10. The van der Waals surface area contributed by atoms with Gasteiger partial charge in [-0.1, -0.05) is 59.3 Å². The first-order chi connectivity index (χ1) is 8.27. The van der Waals surface area contributed by atoms with Gasteiger partial charge in [-0.15, -0.1) is 0 Å². The Morgan fingerprint density at radius 2 is 1.50 bits per heavy atom. The third-order valence-electron chi connectivity index (χ3n) is 3.37. The van der Waals surface area contributed by atoms with E-state index in [1.807, 2.05) is 0 Å². The highest BCUT2D eigenvalue weighted by Crippen LogP contribution is 2.27. The van der Waals surface area contributed by atoms with Gasteiger partial charge in [0.15, 0.2) is 0 Å². The lowest BCUT2D eigenvalue weighted by molar-refractivity contribution is 0.295. The van der Waals surface area contributed by atoms with Crippen molar-refractivity contribution in [2.75, 3.05) is 12.8 Å². The van der Waals surface area contributed by atoms with E-state index in [0.29, 0.717) is 6.54 Å². The van der Waals surface area contributed by atoms with Crippen LogP contribution < -0.4 is 4.72 Å². The molecule has 0 saturated carbocycles. The number of unbranched alkanes of at least 4 members (excludes halogenated alkanes) is 5. The molecule has 0 unspecified atom stereocenters. The average Bonchev–Trinajstić information content (AvgIpc) is 2.21. The maximum atomic E-state index is 11.0. The first kappa shape index (κ1) is 17.9. The van der Waals surface area contributed by atoms with E-state index in [9.17, 15) is 8.42 Å². The van der Waals surface area contributed by atoms with E-state index in [1.54, 1.807) is 0 Å². The SMILES string of the molecule is CCCCCCCCC(C)(C)CCNS(C)(=O)=O. The number of rotatable bonds is 11. The maximum absolute atomic E-state index is 11.0. The van der Waals surface area contributed by atoms with Crippen molar-refractivity contribution in [3.63, 3.8) is 0 Å². The van der Waals surface area contributed by atoms with E-state index >= 15 is 0 Å². The van der Waals surface area contributed by atoms with Gasteiger partial charge in [-0.3, -0.25) is 0 Å². The molecule has 0 saturated heterocycles. The van der Waals surface area contributed by atoms with Gasteiger partial charge in [0.2, 0.25) is 10.0 Å². The van der Waals surface area contributed by atoms with Gasteiger partial charge in [-0.2, -0.15) is 0 Å². The van der Waals surface area contributed by atoms with E-state index in [4.69, 9.17) is 0 Å². The summed E-state index contributed by atoms with van der Waals surface area (Å²) >= 11 is 0. The van der Waals surface area contributed by atoms with Crippen molar-refractivity contribution in [1.82, 2.24) is 4.72 Å². The Bertz CT molecular complexity index is 297. The maximum Gasteiger partial charge on any atom is 0.208 e. The molecule has 0 atom stereocenters. The number of sulfonamides is 1. The zero-order chi connectivity index (χ0) is 14.1. The summed E-state index contributed by atoms with van der Waals surface area (Å²) in [6.45, 7) is 7.24. The summed E-state index contributed by atoms with van der Waals surface area (Å²) in [5, 5.41) is 0. The Morgan fingerprint density at radius 3 is 2.06 bits per heavy atom. The predicted molar refractivity (Wildman–Crippen MR) is 79.2 cm³/mol. The molecule has 0 aliphatic heterocycles. The first-order valence-electron chi connectivity index (χ1n) is 7.21. The van der Waals surface area contributed by atoms with E-state index in [1.165, 1.54) is 51.2 Å². The van der Waals surface area contributed by atoms with Crippen LogP contribution in [0.5, 0.6) is 0 Å². The van der Waals surface area contributed by atoms with Gasteiger partial charge in [0.05, 0.1) is 6.26 Å². The Morgan fingerprint density at radius 1 is 0.944 bits per heavy atom. The zero-order valence-electron chi connectivity index (χ0n) is 12.6. The van der Waals surface area contributed by atoms with Crippen molar-refractivity contribution in [2.24, 2.45) is 5.41 Å². The first-order valence-corrected chi connectivity index (χ1v) is 9.10. The minimum atomic E-state index is -3.03. The zero-order valence-corrected chi connectivity index (χ0v) is 13.4. The molecule has 0 rings (SSSR count). The monoisotopic (exact) mass is 277 g/mol. The molecule has 0 fully saturated rings. The summed E-state index contributed by atoms with van der Waals surface area (Å²) in [6.07, 6.45) is 11.2. The van der Waals surface area contributed by atoms with Crippen LogP contribution in [0, 0.1) is 5.41 Å². The largest absolute Gasteiger partial charge is 0.215 e. The molecule has 0 bridgehead atoms. The van der Waals surface area contributed by atoms with Crippen molar-refractivity contribution < 1.29 is 8.42 Å². The van der Waals surface area contributed by atoms with E-state index in [0.717, 1.165) is 6.42 Å². The minimum absolute atomic E-state index is 0.239. The highest BCUT2D eigenvalue weighted by molar-refractivity contribution is 7.88. The molecule has 1 N–H and O–H groups in total. The van der Waals surface area contributed by atoms with E-state index in [-0.39, 0.29) is 5.41 Å². The fraction of sp³-hybridized carbons (Fsp3) is 1.00. The minimum Gasteiger partial charge on any atom is -0.215 e. The molecule has 0 radical (unpaired) electrons. The van der Waals surface area contributed by atoms with Crippen LogP contribution in [0.1, 0.15) is 72.1 Å². The smallest absolute Gasteiger partial charge is 0.208 e. The molecular formula is C14H31NO2S. The van der Waals surface area contributed by atoms with Crippen LogP contribution in [-0.4, -0.2) is 21.2 Å². The molecule has 0 aromatic carbocycles. The summed E-state index contributed by atoms with van der Waals surface area (Å²) in [5.74, 6) is 0. The van der Waals surface area contributed by atoms with Crippen LogP contribution >= 0.6 is 0 Å². The van der Waals surface area contributed by atoms with Crippen molar-refractivity contribution in [3.8, 4) is 0 Å². The van der Waals surface area contributed by atoms with Crippen molar-refractivity contribution in [3.05, 3.63) is 0 Å².